The van der Waals surface area contributed by atoms with Crippen molar-refractivity contribution in [2.75, 3.05) is 84.4 Å². The van der Waals surface area contributed by atoms with Crippen LogP contribution in [-0.2, 0) is 43.2 Å². The minimum absolute atomic E-state index is 0.00167. The van der Waals surface area contributed by atoms with Gasteiger partial charge in [-0.05, 0) is 85.2 Å². The number of carbonyl (C=O) groups is 2. The Morgan fingerprint density at radius 3 is 2.43 bits per heavy atom. The van der Waals surface area contributed by atoms with Gasteiger partial charge in [-0.25, -0.2) is 9.37 Å². The number of thiazole rings is 1. The van der Waals surface area contributed by atoms with E-state index in [0.717, 1.165) is 60.2 Å². The smallest absolute Gasteiger partial charge is 0.243 e. The van der Waals surface area contributed by atoms with Gasteiger partial charge in [0.25, 0.3) is 0 Å². The topological polar surface area (TPSA) is 136 Å². The van der Waals surface area contributed by atoms with Crippen LogP contribution in [0.1, 0.15) is 68.8 Å². The average molecular weight is 919 g/mol. The molecule has 3 aromatic carbocycles. The molecule has 4 atom stereocenters. The zero-order valence-corrected chi connectivity index (χ0v) is 39.1. The molecule has 3 N–H and O–H groups in total. The first kappa shape index (κ1) is 48.2. The summed E-state index contributed by atoms with van der Waals surface area (Å²) in [7, 11) is 1.90. The molecule has 352 valence electrons. The molecule has 1 saturated heterocycles. The van der Waals surface area contributed by atoms with Crippen molar-refractivity contribution in [1.82, 2.24) is 25.8 Å². The third-order valence-electron chi connectivity index (χ3n) is 12.3. The van der Waals surface area contributed by atoms with Crippen molar-refractivity contribution >= 4 is 28.3 Å². The molecule has 7 rings (SSSR count). The number of carbonyl (C=O) groups excluding carboxylic acids is 2. The molecule has 3 heterocycles. The molecule has 0 spiro atoms. The van der Waals surface area contributed by atoms with E-state index in [0.29, 0.717) is 56.4 Å². The van der Waals surface area contributed by atoms with Crippen LogP contribution in [-0.4, -0.2) is 119 Å². The van der Waals surface area contributed by atoms with Gasteiger partial charge in [-0.15, -0.1) is 11.3 Å². The lowest BCUT2D eigenvalue weighted by atomic mass is 9.83. The van der Waals surface area contributed by atoms with Gasteiger partial charge in [0, 0.05) is 49.6 Å². The zero-order valence-electron chi connectivity index (χ0n) is 38.3. The maximum atomic E-state index is 14.9. The number of likely N-dealkylation sites (N-methyl/N-ethyl adjacent to an activating group) is 1. The number of benzene rings is 3. The first-order valence-corrected chi connectivity index (χ1v) is 23.7. The Morgan fingerprint density at radius 2 is 1.68 bits per heavy atom. The molecule has 16 heteroatoms. The number of aryl methyl sites for hydroxylation is 1. The highest BCUT2D eigenvalue weighted by molar-refractivity contribution is 7.14. The van der Waals surface area contributed by atoms with Gasteiger partial charge in [-0.1, -0.05) is 51.1 Å². The molecule has 13 nitrogen and oxygen atoms in total. The van der Waals surface area contributed by atoms with Gasteiger partial charge in [-0.3, -0.25) is 9.59 Å². The first-order chi connectivity index (χ1) is 31.4. The molecule has 0 radical (unpaired) electrons. The fraction of sp³-hybridized carbons (Fsp3) is 0.531. The number of anilines is 1. The molecular weight excluding hydrogens is 855 g/mol. The molecule has 2 aliphatic heterocycles. The van der Waals surface area contributed by atoms with Gasteiger partial charge in [0.2, 0.25) is 17.6 Å². The summed E-state index contributed by atoms with van der Waals surface area (Å²) in [6, 6.07) is 15.5. The molecule has 4 aromatic rings. The van der Waals surface area contributed by atoms with Crippen LogP contribution in [0, 0.1) is 17.0 Å². The molecule has 1 fully saturated rings. The summed E-state index contributed by atoms with van der Waals surface area (Å²) in [5.41, 5.74) is 4.82. The fourth-order valence-corrected chi connectivity index (χ4v) is 9.40. The van der Waals surface area contributed by atoms with E-state index >= 15 is 0 Å². The number of morpholine rings is 1. The van der Waals surface area contributed by atoms with Crippen molar-refractivity contribution < 1.29 is 42.1 Å². The summed E-state index contributed by atoms with van der Waals surface area (Å²) in [6.07, 6.45) is 3.23. The molecule has 0 saturated carbocycles. The second-order valence-corrected chi connectivity index (χ2v) is 18.8. The van der Waals surface area contributed by atoms with Gasteiger partial charge < -0.3 is 49.4 Å². The van der Waals surface area contributed by atoms with Crippen molar-refractivity contribution in [3.63, 3.8) is 0 Å². The second kappa shape index (κ2) is 22.7. The van der Waals surface area contributed by atoms with E-state index in [-0.39, 0.29) is 62.6 Å². The normalized spacial score (nSPS) is 18.4. The lowest BCUT2D eigenvalue weighted by Crippen LogP contribution is -2.60. The number of rotatable bonds is 20. The highest BCUT2D eigenvalue weighted by Gasteiger charge is 2.42. The van der Waals surface area contributed by atoms with Crippen LogP contribution < -0.4 is 30.3 Å². The standard InChI is InChI=1S/C49H64F2N6O7S/c1-32(52-5)29-53-45(49(2,3)4)47(59)57-30-35-27-36(14-13-34(35)28-42(57)46(58)54-40-12-8-10-33-9-6-7-11-37(33)40)63-25-23-61-21-22-62-24-26-64-44-38(15-16-39(50)43(44)51)41-31-65-48(55-41)56-17-19-60-20-18-56/h6-7,9,11,13-16,27,31-32,40,42,45,52-53H,8,10,12,17-26,28-30H2,1-5H3,(H,54,58)/t32-,40+,42-,45+/m0/s1. The minimum Gasteiger partial charge on any atom is -0.491 e. The number of nitrogens with one attached hydrogen (secondary N) is 3. The quantitative estimate of drug-likeness (QED) is 0.0842. The number of nitrogens with zero attached hydrogens (tertiary/aromatic N) is 3. The highest BCUT2D eigenvalue weighted by Crippen LogP contribution is 2.37. The largest absolute Gasteiger partial charge is 0.491 e. The van der Waals surface area contributed by atoms with Gasteiger partial charge >= 0.3 is 0 Å². The summed E-state index contributed by atoms with van der Waals surface area (Å²) >= 11 is 1.44. The number of fused-ring (bicyclic) bond motifs is 2. The molecule has 3 aliphatic rings. The Hall–Kier alpha value is -4.71. The Balaban J connectivity index is 0.901. The van der Waals surface area contributed by atoms with E-state index in [9.17, 15) is 18.4 Å². The predicted octanol–water partition coefficient (Wildman–Crippen LogP) is 6.48. The van der Waals surface area contributed by atoms with Crippen LogP contribution in [0.15, 0.2) is 60.0 Å². The number of hydrogen-bond donors (Lipinski definition) is 3. The second-order valence-electron chi connectivity index (χ2n) is 17.9. The Morgan fingerprint density at radius 1 is 0.938 bits per heavy atom. The van der Waals surface area contributed by atoms with Gasteiger partial charge in [0.15, 0.2) is 16.7 Å². The van der Waals surface area contributed by atoms with Crippen molar-refractivity contribution in [1.29, 1.82) is 0 Å². The number of hydrogen-bond acceptors (Lipinski definition) is 12. The van der Waals surface area contributed by atoms with E-state index in [1.54, 1.807) is 4.90 Å². The SMILES string of the molecule is CN[C@@H](C)CN[C@H](C(=O)N1Cc2cc(OCCOCCOCCOc3c(-c4csc(N5CCOCC5)n4)ccc(F)c3F)ccc2C[C@H]1C(=O)N[C@@H]1CCCc2ccccc21)C(C)(C)C. The van der Waals surface area contributed by atoms with E-state index in [4.69, 9.17) is 23.7 Å². The summed E-state index contributed by atoms with van der Waals surface area (Å²) in [5.74, 6) is -1.88. The Bertz CT molecular complexity index is 2220. The summed E-state index contributed by atoms with van der Waals surface area (Å²) in [6.45, 7) is 13.0. The van der Waals surface area contributed by atoms with Crippen LogP contribution in [0.25, 0.3) is 11.3 Å². The Kier molecular flexibility index (Phi) is 16.8. The third kappa shape index (κ3) is 12.4. The maximum absolute atomic E-state index is 14.9. The fourth-order valence-electron chi connectivity index (χ4n) is 8.52. The first-order valence-electron chi connectivity index (χ1n) is 22.8. The molecule has 2 amide bonds. The summed E-state index contributed by atoms with van der Waals surface area (Å²) in [4.78, 5) is 37.5. The minimum atomic E-state index is -1.07. The van der Waals surface area contributed by atoms with Gasteiger partial charge in [-0.2, -0.15) is 4.39 Å². The van der Waals surface area contributed by atoms with E-state index in [2.05, 4.69) is 44.9 Å². The molecule has 1 aliphatic carbocycles. The summed E-state index contributed by atoms with van der Waals surface area (Å²) < 4.78 is 57.8. The molecule has 65 heavy (non-hydrogen) atoms. The van der Waals surface area contributed by atoms with Crippen molar-refractivity contribution in [2.24, 2.45) is 5.41 Å². The van der Waals surface area contributed by atoms with E-state index in [1.165, 1.54) is 23.0 Å². The van der Waals surface area contributed by atoms with Crippen LogP contribution in [0.5, 0.6) is 11.5 Å². The van der Waals surface area contributed by atoms with Crippen LogP contribution in [0.3, 0.4) is 0 Å². The van der Waals surface area contributed by atoms with Crippen LogP contribution in [0.2, 0.25) is 0 Å². The van der Waals surface area contributed by atoms with Crippen molar-refractivity contribution in [3.8, 4) is 22.8 Å². The molecule has 0 bridgehead atoms. The molecule has 0 unspecified atom stereocenters. The summed E-state index contributed by atoms with van der Waals surface area (Å²) in [5, 5.41) is 12.7. The monoisotopic (exact) mass is 918 g/mol. The van der Waals surface area contributed by atoms with E-state index in [1.807, 2.05) is 63.5 Å². The Labute approximate surface area is 385 Å². The zero-order chi connectivity index (χ0) is 45.9. The number of halogens is 2. The third-order valence-corrected chi connectivity index (χ3v) is 13.2. The molecule has 1 aromatic heterocycles. The lowest BCUT2D eigenvalue weighted by Gasteiger charge is -2.42. The van der Waals surface area contributed by atoms with Crippen molar-refractivity contribution in [2.45, 2.75) is 84.1 Å². The van der Waals surface area contributed by atoms with E-state index < -0.39 is 29.1 Å². The maximum Gasteiger partial charge on any atom is 0.243 e. The van der Waals surface area contributed by atoms with Crippen LogP contribution >= 0.6 is 11.3 Å². The number of aromatic nitrogens is 1. The molecular formula is C49H64F2N6O7S. The van der Waals surface area contributed by atoms with Crippen LogP contribution in [0.4, 0.5) is 13.9 Å². The van der Waals surface area contributed by atoms with Crippen molar-refractivity contribution in [3.05, 3.63) is 93.9 Å². The number of ether oxygens (including phenoxy) is 5. The number of amides is 2. The average Bonchev–Trinajstić information content (AvgIpc) is 3.80. The highest BCUT2D eigenvalue weighted by atomic mass is 32.1. The predicted molar refractivity (Wildman–Crippen MR) is 248 cm³/mol. The lowest BCUT2D eigenvalue weighted by molar-refractivity contribution is -0.146. The van der Waals surface area contributed by atoms with Gasteiger partial charge in [0.05, 0.1) is 57.4 Å². The van der Waals surface area contributed by atoms with Gasteiger partial charge in [0.1, 0.15) is 25.0 Å².